The van der Waals surface area contributed by atoms with Crippen LogP contribution >= 0.6 is 11.8 Å². The van der Waals surface area contributed by atoms with Crippen molar-refractivity contribution in [2.24, 2.45) is 0 Å². The summed E-state index contributed by atoms with van der Waals surface area (Å²) in [5.41, 5.74) is 4.66. The number of aromatic nitrogens is 4. The second kappa shape index (κ2) is 8.86. The van der Waals surface area contributed by atoms with Crippen LogP contribution in [-0.2, 0) is 11.2 Å². The fraction of sp³-hybridized carbons (Fsp3) is 0.381. The second-order valence-corrected chi connectivity index (χ2v) is 8.02. The van der Waals surface area contributed by atoms with E-state index in [2.05, 4.69) is 39.8 Å². The van der Waals surface area contributed by atoms with Gasteiger partial charge < -0.3 is 9.84 Å². The number of ether oxygens (including phenoxy) is 1. The maximum absolute atomic E-state index is 10.4. The van der Waals surface area contributed by atoms with Crippen molar-refractivity contribution in [1.29, 1.82) is 0 Å². The standard InChI is InChI=1S/C21H24N4O2S/c1-15-7-2-5-11-19(15)25-21(22-23-24-25)28-14-17(26)13-27-20-12-6-9-16-8-3-4-10-18(16)20/h2-5,7-8,10-11,17,20,26H,6,9,12-14H2,1H3/t17-,20+/m0/s1. The molecular formula is C21H24N4O2S. The summed E-state index contributed by atoms with van der Waals surface area (Å²) in [6.45, 7) is 2.33. The lowest BCUT2D eigenvalue weighted by molar-refractivity contribution is -0.00960. The summed E-state index contributed by atoms with van der Waals surface area (Å²) >= 11 is 1.43. The molecular weight excluding hydrogens is 372 g/mol. The molecule has 0 bridgehead atoms. The molecule has 1 aromatic heterocycles. The van der Waals surface area contributed by atoms with E-state index < -0.39 is 6.10 Å². The third-order valence-corrected chi connectivity index (χ3v) is 6.06. The Labute approximate surface area is 168 Å². The molecule has 0 radical (unpaired) electrons. The van der Waals surface area contributed by atoms with E-state index >= 15 is 0 Å². The van der Waals surface area contributed by atoms with E-state index in [1.807, 2.05) is 31.2 Å². The van der Waals surface area contributed by atoms with E-state index in [-0.39, 0.29) is 6.10 Å². The first-order valence-electron chi connectivity index (χ1n) is 9.57. The minimum absolute atomic E-state index is 0.0712. The predicted molar refractivity (Wildman–Crippen MR) is 109 cm³/mol. The monoisotopic (exact) mass is 396 g/mol. The maximum atomic E-state index is 10.4. The Morgan fingerprint density at radius 1 is 1.21 bits per heavy atom. The molecule has 1 aliphatic rings. The molecule has 0 aliphatic heterocycles. The molecule has 0 unspecified atom stereocenters. The summed E-state index contributed by atoms with van der Waals surface area (Å²) in [7, 11) is 0. The summed E-state index contributed by atoms with van der Waals surface area (Å²) < 4.78 is 7.77. The fourth-order valence-corrected chi connectivity index (χ4v) is 4.34. The quantitative estimate of drug-likeness (QED) is 0.616. The van der Waals surface area contributed by atoms with Gasteiger partial charge in [0.05, 0.1) is 24.5 Å². The van der Waals surface area contributed by atoms with E-state index in [4.69, 9.17) is 4.74 Å². The number of tetrazole rings is 1. The van der Waals surface area contributed by atoms with Gasteiger partial charge in [0, 0.05) is 5.75 Å². The molecule has 2 atom stereocenters. The van der Waals surface area contributed by atoms with E-state index in [9.17, 15) is 5.11 Å². The van der Waals surface area contributed by atoms with Gasteiger partial charge in [0.2, 0.25) is 5.16 Å². The van der Waals surface area contributed by atoms with Crippen molar-refractivity contribution in [3.8, 4) is 5.69 Å². The summed E-state index contributed by atoms with van der Waals surface area (Å²) in [5, 5.41) is 23.1. The summed E-state index contributed by atoms with van der Waals surface area (Å²) in [6, 6.07) is 16.4. The van der Waals surface area contributed by atoms with E-state index in [0.29, 0.717) is 17.5 Å². The zero-order chi connectivity index (χ0) is 19.3. The molecule has 28 heavy (non-hydrogen) atoms. The number of para-hydroxylation sites is 1. The van der Waals surface area contributed by atoms with Gasteiger partial charge in [0.15, 0.2) is 0 Å². The Hall–Kier alpha value is -2.22. The van der Waals surface area contributed by atoms with Crippen molar-refractivity contribution in [1.82, 2.24) is 20.2 Å². The molecule has 1 heterocycles. The summed E-state index contributed by atoms with van der Waals surface area (Å²) in [6.07, 6.45) is 2.72. The topological polar surface area (TPSA) is 73.1 Å². The van der Waals surface area contributed by atoms with Crippen molar-refractivity contribution in [3.05, 3.63) is 65.2 Å². The van der Waals surface area contributed by atoms with Crippen molar-refractivity contribution in [3.63, 3.8) is 0 Å². The van der Waals surface area contributed by atoms with Crippen molar-refractivity contribution >= 4 is 11.8 Å². The zero-order valence-electron chi connectivity index (χ0n) is 15.9. The number of aliphatic hydroxyl groups excluding tert-OH is 1. The molecule has 0 fully saturated rings. The molecule has 3 aromatic rings. The Balaban J connectivity index is 1.34. The molecule has 1 aliphatic carbocycles. The van der Waals surface area contributed by atoms with Gasteiger partial charge in [-0.1, -0.05) is 54.2 Å². The molecule has 0 amide bonds. The van der Waals surface area contributed by atoms with Crippen LogP contribution in [0.15, 0.2) is 53.7 Å². The van der Waals surface area contributed by atoms with Gasteiger partial charge in [-0.3, -0.25) is 0 Å². The number of benzene rings is 2. The molecule has 0 saturated heterocycles. The van der Waals surface area contributed by atoms with E-state index in [1.165, 1.54) is 22.9 Å². The number of hydrogen-bond donors (Lipinski definition) is 1. The third kappa shape index (κ3) is 4.27. The Kier molecular flexibility index (Phi) is 6.04. The second-order valence-electron chi connectivity index (χ2n) is 7.04. The lowest BCUT2D eigenvalue weighted by Gasteiger charge is -2.26. The van der Waals surface area contributed by atoms with Gasteiger partial charge in [-0.2, -0.15) is 4.68 Å². The van der Waals surface area contributed by atoms with E-state index in [0.717, 1.165) is 30.5 Å². The van der Waals surface area contributed by atoms with Crippen molar-refractivity contribution < 1.29 is 9.84 Å². The third-order valence-electron chi connectivity index (χ3n) is 4.99. The molecule has 4 rings (SSSR count). The van der Waals surface area contributed by atoms with Crippen LogP contribution < -0.4 is 0 Å². The van der Waals surface area contributed by atoms with Crippen LogP contribution in [0, 0.1) is 6.92 Å². The number of hydrogen-bond acceptors (Lipinski definition) is 6. The highest BCUT2D eigenvalue weighted by Crippen LogP contribution is 2.32. The van der Waals surface area contributed by atoms with Crippen LogP contribution in [0.3, 0.4) is 0 Å². The van der Waals surface area contributed by atoms with Gasteiger partial charge in [0.25, 0.3) is 0 Å². The first-order chi connectivity index (χ1) is 13.7. The van der Waals surface area contributed by atoms with Gasteiger partial charge in [-0.05, 0) is 59.4 Å². The largest absolute Gasteiger partial charge is 0.390 e. The molecule has 0 spiro atoms. The Morgan fingerprint density at radius 2 is 2.04 bits per heavy atom. The Morgan fingerprint density at radius 3 is 2.93 bits per heavy atom. The average Bonchev–Trinajstić information content (AvgIpc) is 3.19. The Bertz CT molecular complexity index is 930. The van der Waals surface area contributed by atoms with Crippen LogP contribution in [0.25, 0.3) is 5.69 Å². The number of nitrogens with zero attached hydrogens (tertiary/aromatic N) is 4. The van der Waals surface area contributed by atoms with E-state index in [1.54, 1.807) is 4.68 Å². The van der Waals surface area contributed by atoms with Gasteiger partial charge in [-0.25, -0.2) is 0 Å². The molecule has 0 saturated carbocycles. The number of thioether (sulfide) groups is 1. The minimum Gasteiger partial charge on any atom is -0.390 e. The van der Waals surface area contributed by atoms with Gasteiger partial charge in [0.1, 0.15) is 0 Å². The molecule has 7 heteroatoms. The molecule has 2 aromatic carbocycles. The van der Waals surface area contributed by atoms with Gasteiger partial charge >= 0.3 is 0 Å². The zero-order valence-corrected chi connectivity index (χ0v) is 16.7. The molecule has 6 nitrogen and oxygen atoms in total. The maximum Gasteiger partial charge on any atom is 0.214 e. The number of rotatable bonds is 7. The minimum atomic E-state index is -0.582. The van der Waals surface area contributed by atoms with Crippen LogP contribution in [0.2, 0.25) is 0 Å². The summed E-state index contributed by atoms with van der Waals surface area (Å²) in [4.78, 5) is 0. The number of aliphatic hydroxyl groups is 1. The van der Waals surface area contributed by atoms with Crippen molar-refractivity contribution in [2.75, 3.05) is 12.4 Å². The highest BCUT2D eigenvalue weighted by molar-refractivity contribution is 7.99. The highest BCUT2D eigenvalue weighted by atomic mass is 32.2. The smallest absolute Gasteiger partial charge is 0.214 e. The van der Waals surface area contributed by atoms with Gasteiger partial charge in [-0.15, -0.1) is 5.10 Å². The normalized spacial score (nSPS) is 17.3. The highest BCUT2D eigenvalue weighted by Gasteiger charge is 2.21. The average molecular weight is 397 g/mol. The van der Waals surface area contributed by atoms with Crippen LogP contribution in [0.1, 0.15) is 35.6 Å². The molecule has 146 valence electrons. The van der Waals surface area contributed by atoms with Crippen LogP contribution in [0.4, 0.5) is 0 Å². The molecule has 1 N–H and O–H groups in total. The lowest BCUT2D eigenvalue weighted by atomic mass is 9.89. The predicted octanol–water partition coefficient (Wildman–Crippen LogP) is 3.52. The number of fused-ring (bicyclic) bond motifs is 1. The summed E-state index contributed by atoms with van der Waals surface area (Å²) in [5.74, 6) is 0.473. The fourth-order valence-electron chi connectivity index (χ4n) is 3.55. The van der Waals surface area contributed by atoms with Crippen LogP contribution in [-0.4, -0.2) is 43.8 Å². The van der Waals surface area contributed by atoms with Crippen LogP contribution in [0.5, 0.6) is 0 Å². The SMILES string of the molecule is Cc1ccccc1-n1nnnc1SC[C@@H](O)CO[C@@H]1CCCc2ccccc21. The number of aryl methyl sites for hydroxylation is 2. The lowest BCUT2D eigenvalue weighted by Crippen LogP contribution is -2.22. The van der Waals surface area contributed by atoms with Crippen molar-refractivity contribution in [2.45, 2.75) is 43.6 Å². The first-order valence-corrected chi connectivity index (χ1v) is 10.6. The first kappa shape index (κ1) is 19.1.